The fraction of sp³-hybridized carbons (Fsp3) is 0.556. The van der Waals surface area contributed by atoms with Gasteiger partial charge in [0.15, 0.2) is 0 Å². The van der Waals surface area contributed by atoms with Crippen molar-refractivity contribution in [2.75, 3.05) is 25.1 Å². The van der Waals surface area contributed by atoms with Crippen molar-refractivity contribution < 1.29 is 5.11 Å². The Balaban J connectivity index is 2.15. The van der Waals surface area contributed by atoms with Crippen LogP contribution >= 0.6 is 23.1 Å². The van der Waals surface area contributed by atoms with E-state index in [1.165, 1.54) is 0 Å². The number of hydrogen-bond donors (Lipinski definition) is 2. The minimum Gasteiger partial charge on any atom is -0.387 e. The molecule has 1 heterocycles. The fourth-order valence-electron chi connectivity index (χ4n) is 0.995. The van der Waals surface area contributed by atoms with Crippen LogP contribution in [-0.2, 0) is 0 Å². The molecule has 0 aliphatic carbocycles. The molecule has 1 atom stereocenters. The first-order chi connectivity index (χ1) is 6.34. The van der Waals surface area contributed by atoms with Gasteiger partial charge in [-0.1, -0.05) is 0 Å². The topological polar surface area (TPSA) is 32.3 Å². The minimum atomic E-state index is -0.354. The molecule has 0 aromatic carbocycles. The van der Waals surface area contributed by atoms with Crippen LogP contribution < -0.4 is 5.32 Å². The lowest BCUT2D eigenvalue weighted by molar-refractivity contribution is 0.176. The second-order valence-electron chi connectivity index (χ2n) is 2.77. The maximum Gasteiger partial charge on any atom is 0.0922 e. The van der Waals surface area contributed by atoms with E-state index in [4.69, 9.17) is 0 Å². The number of nitrogens with one attached hydrogen (secondary N) is 1. The predicted molar refractivity (Wildman–Crippen MR) is 60.5 cm³/mol. The average Bonchev–Trinajstić information content (AvgIpc) is 2.65. The Kier molecular flexibility index (Phi) is 5.46. The van der Waals surface area contributed by atoms with Crippen LogP contribution in [0.2, 0.25) is 0 Å². The van der Waals surface area contributed by atoms with Crippen LogP contribution in [0.5, 0.6) is 0 Å². The van der Waals surface area contributed by atoms with Crippen molar-refractivity contribution in [2.45, 2.75) is 6.10 Å². The standard InChI is InChI=1S/C9H15NOS2/c1-12-5-3-10-6-9(11)8-2-4-13-7-8/h2,4,7,9-11H,3,5-6H2,1H3. The molecule has 0 amide bonds. The van der Waals surface area contributed by atoms with Crippen molar-refractivity contribution in [1.82, 2.24) is 5.32 Å². The molecule has 74 valence electrons. The molecule has 0 radical (unpaired) electrons. The van der Waals surface area contributed by atoms with Crippen molar-refractivity contribution in [2.24, 2.45) is 0 Å². The van der Waals surface area contributed by atoms with E-state index in [1.807, 2.05) is 28.6 Å². The lowest BCUT2D eigenvalue weighted by Crippen LogP contribution is -2.23. The van der Waals surface area contributed by atoms with Crippen LogP contribution in [-0.4, -0.2) is 30.2 Å². The van der Waals surface area contributed by atoms with Gasteiger partial charge < -0.3 is 10.4 Å². The van der Waals surface area contributed by atoms with Crippen molar-refractivity contribution in [3.8, 4) is 0 Å². The highest BCUT2D eigenvalue weighted by molar-refractivity contribution is 7.98. The summed E-state index contributed by atoms with van der Waals surface area (Å²) < 4.78 is 0. The monoisotopic (exact) mass is 217 g/mol. The molecular weight excluding hydrogens is 202 g/mol. The summed E-state index contributed by atoms with van der Waals surface area (Å²) >= 11 is 3.43. The van der Waals surface area contributed by atoms with Gasteiger partial charge in [0.05, 0.1) is 6.10 Å². The fourth-order valence-corrected chi connectivity index (χ4v) is 2.05. The minimum absolute atomic E-state index is 0.354. The van der Waals surface area contributed by atoms with Gasteiger partial charge in [-0.15, -0.1) is 0 Å². The van der Waals surface area contributed by atoms with Crippen LogP contribution in [0.1, 0.15) is 11.7 Å². The molecule has 1 rings (SSSR count). The zero-order valence-corrected chi connectivity index (χ0v) is 9.33. The normalized spacial score (nSPS) is 13.1. The van der Waals surface area contributed by atoms with Gasteiger partial charge in [-0.2, -0.15) is 23.1 Å². The Morgan fingerprint density at radius 3 is 3.15 bits per heavy atom. The first-order valence-electron chi connectivity index (χ1n) is 4.24. The second kappa shape index (κ2) is 6.43. The zero-order chi connectivity index (χ0) is 9.52. The van der Waals surface area contributed by atoms with Gasteiger partial charge >= 0.3 is 0 Å². The van der Waals surface area contributed by atoms with Crippen LogP contribution in [0.3, 0.4) is 0 Å². The number of rotatable bonds is 6. The summed E-state index contributed by atoms with van der Waals surface area (Å²) in [6.45, 7) is 1.61. The first-order valence-corrected chi connectivity index (χ1v) is 6.58. The molecule has 13 heavy (non-hydrogen) atoms. The van der Waals surface area contributed by atoms with Crippen LogP contribution in [0.25, 0.3) is 0 Å². The lowest BCUT2D eigenvalue weighted by atomic mass is 10.2. The van der Waals surface area contributed by atoms with Crippen molar-refractivity contribution >= 4 is 23.1 Å². The van der Waals surface area contributed by atoms with Gasteiger partial charge in [-0.25, -0.2) is 0 Å². The van der Waals surface area contributed by atoms with E-state index in [1.54, 1.807) is 11.3 Å². The van der Waals surface area contributed by atoms with Gasteiger partial charge in [0, 0.05) is 18.8 Å². The summed E-state index contributed by atoms with van der Waals surface area (Å²) in [6, 6.07) is 1.96. The quantitative estimate of drug-likeness (QED) is 0.712. The maximum absolute atomic E-state index is 9.65. The third-order valence-electron chi connectivity index (χ3n) is 1.75. The van der Waals surface area contributed by atoms with Crippen LogP contribution in [0.15, 0.2) is 16.8 Å². The summed E-state index contributed by atoms with van der Waals surface area (Å²) in [6.07, 6.45) is 1.73. The maximum atomic E-state index is 9.65. The number of thiophene rings is 1. The number of thioether (sulfide) groups is 1. The van der Waals surface area contributed by atoms with Gasteiger partial charge in [0.25, 0.3) is 0 Å². The SMILES string of the molecule is CSCCNCC(O)c1ccsc1. The molecule has 2 N–H and O–H groups in total. The number of hydrogen-bond acceptors (Lipinski definition) is 4. The first kappa shape index (κ1) is 11.0. The van der Waals surface area contributed by atoms with E-state index in [0.29, 0.717) is 6.54 Å². The Morgan fingerprint density at radius 1 is 1.69 bits per heavy atom. The molecule has 0 aliphatic rings. The molecule has 0 bridgehead atoms. The molecule has 0 spiro atoms. The van der Waals surface area contributed by atoms with Gasteiger partial charge in [-0.05, 0) is 28.6 Å². The Labute approximate surface area is 87.4 Å². The highest BCUT2D eigenvalue weighted by Crippen LogP contribution is 2.14. The summed E-state index contributed by atoms with van der Waals surface area (Å²) in [7, 11) is 0. The largest absolute Gasteiger partial charge is 0.387 e. The van der Waals surface area contributed by atoms with E-state index in [-0.39, 0.29) is 6.10 Å². The third-order valence-corrected chi connectivity index (χ3v) is 3.06. The summed E-state index contributed by atoms with van der Waals surface area (Å²) in [5.74, 6) is 1.09. The summed E-state index contributed by atoms with van der Waals surface area (Å²) in [4.78, 5) is 0. The highest BCUT2D eigenvalue weighted by Gasteiger charge is 2.05. The van der Waals surface area contributed by atoms with Crippen LogP contribution in [0, 0.1) is 0 Å². The summed E-state index contributed by atoms with van der Waals surface area (Å²) in [5, 5.41) is 16.8. The molecule has 2 nitrogen and oxygen atoms in total. The van der Waals surface area contributed by atoms with E-state index in [9.17, 15) is 5.11 Å². The molecule has 0 saturated heterocycles. The molecule has 1 aromatic heterocycles. The zero-order valence-electron chi connectivity index (χ0n) is 7.69. The summed E-state index contributed by atoms with van der Waals surface area (Å²) in [5.41, 5.74) is 1.02. The van der Waals surface area contributed by atoms with E-state index < -0.39 is 0 Å². The highest BCUT2D eigenvalue weighted by atomic mass is 32.2. The Bertz CT molecular complexity index is 213. The second-order valence-corrected chi connectivity index (χ2v) is 4.54. The van der Waals surface area contributed by atoms with E-state index >= 15 is 0 Å². The smallest absolute Gasteiger partial charge is 0.0922 e. The number of aliphatic hydroxyl groups is 1. The molecule has 1 aromatic rings. The molecule has 0 fully saturated rings. The van der Waals surface area contributed by atoms with Crippen molar-refractivity contribution in [3.05, 3.63) is 22.4 Å². The third kappa shape index (κ3) is 4.13. The van der Waals surface area contributed by atoms with E-state index in [2.05, 4.69) is 11.6 Å². The predicted octanol–water partition coefficient (Wildman–Crippen LogP) is 1.73. The lowest BCUT2D eigenvalue weighted by Gasteiger charge is -2.09. The Morgan fingerprint density at radius 2 is 2.54 bits per heavy atom. The van der Waals surface area contributed by atoms with Gasteiger partial charge in [-0.3, -0.25) is 0 Å². The molecule has 0 saturated carbocycles. The number of aliphatic hydroxyl groups excluding tert-OH is 1. The molecule has 4 heteroatoms. The Hall–Kier alpha value is -0.0300. The van der Waals surface area contributed by atoms with Gasteiger partial charge in [0.1, 0.15) is 0 Å². The van der Waals surface area contributed by atoms with Crippen LogP contribution in [0.4, 0.5) is 0 Å². The van der Waals surface area contributed by atoms with E-state index in [0.717, 1.165) is 17.9 Å². The molecule has 1 unspecified atom stereocenters. The molecular formula is C9H15NOS2. The average molecular weight is 217 g/mol. The van der Waals surface area contributed by atoms with Crippen molar-refractivity contribution in [1.29, 1.82) is 0 Å². The molecule has 0 aliphatic heterocycles. The van der Waals surface area contributed by atoms with Crippen molar-refractivity contribution in [3.63, 3.8) is 0 Å². The van der Waals surface area contributed by atoms with Gasteiger partial charge in [0.2, 0.25) is 0 Å².